The van der Waals surface area contributed by atoms with Crippen LogP contribution in [-0.2, 0) is 9.53 Å². The Morgan fingerprint density at radius 2 is 2.60 bits per heavy atom. The zero-order valence-corrected chi connectivity index (χ0v) is 9.43. The van der Waals surface area contributed by atoms with Gasteiger partial charge in [0.1, 0.15) is 6.04 Å². The Morgan fingerprint density at radius 1 is 1.87 bits per heavy atom. The third-order valence-electron chi connectivity index (χ3n) is 1.89. The Bertz CT molecular complexity index is 381. The molecule has 1 atom stereocenters. The van der Waals surface area contributed by atoms with E-state index in [-0.39, 0.29) is 5.97 Å². The molecule has 1 N–H and O–H groups in total. The highest BCUT2D eigenvalue weighted by molar-refractivity contribution is 7.10. The number of thiazole rings is 1. The summed E-state index contributed by atoms with van der Waals surface area (Å²) < 4.78 is 4.70. The first kappa shape index (κ1) is 11.7. The normalized spacial score (nSPS) is 11.8. The zero-order valence-electron chi connectivity index (χ0n) is 8.61. The molecule has 0 spiro atoms. The fourth-order valence-electron chi connectivity index (χ4n) is 1.15. The number of rotatable bonds is 4. The highest BCUT2D eigenvalue weighted by Gasteiger charge is 2.23. The lowest BCUT2D eigenvalue weighted by Crippen LogP contribution is -2.29. The predicted molar refractivity (Wildman–Crippen MR) is 58.4 cm³/mol. The number of aryl methyl sites for hydroxylation is 1. The fraction of sp³-hybridized carbons (Fsp3) is 0.400. The molecule has 0 aliphatic carbocycles. The Morgan fingerprint density at radius 3 is 3.07 bits per heavy atom. The highest BCUT2D eigenvalue weighted by atomic mass is 32.1. The summed E-state index contributed by atoms with van der Waals surface area (Å²) in [6.45, 7) is 2.16. The van der Waals surface area contributed by atoms with E-state index in [2.05, 4.69) is 16.2 Å². The van der Waals surface area contributed by atoms with E-state index < -0.39 is 6.04 Å². The van der Waals surface area contributed by atoms with Gasteiger partial charge in [-0.2, -0.15) is 0 Å². The second-order valence-corrected chi connectivity index (χ2v) is 3.73. The van der Waals surface area contributed by atoms with Gasteiger partial charge in [0, 0.05) is 0 Å². The second-order valence-electron chi connectivity index (χ2n) is 2.84. The zero-order chi connectivity index (χ0) is 11.3. The Hall–Kier alpha value is -1.38. The molecule has 0 aromatic carbocycles. The first-order valence-electron chi connectivity index (χ1n) is 4.35. The van der Waals surface area contributed by atoms with Crippen molar-refractivity contribution in [1.29, 1.82) is 0 Å². The smallest absolute Gasteiger partial charge is 0.328 e. The van der Waals surface area contributed by atoms with Gasteiger partial charge in [0.2, 0.25) is 0 Å². The van der Waals surface area contributed by atoms with Crippen molar-refractivity contribution in [1.82, 2.24) is 10.3 Å². The monoisotopic (exact) mass is 224 g/mol. The molecule has 0 radical (unpaired) electrons. The number of ether oxygens (including phenoxy) is 1. The van der Waals surface area contributed by atoms with Crippen LogP contribution in [0.15, 0.2) is 5.51 Å². The van der Waals surface area contributed by atoms with Crippen LogP contribution in [0.5, 0.6) is 0 Å². The van der Waals surface area contributed by atoms with E-state index in [1.807, 2.05) is 6.92 Å². The molecule has 1 aromatic heterocycles. The van der Waals surface area contributed by atoms with Gasteiger partial charge in [-0.05, 0) is 6.92 Å². The fourth-order valence-corrected chi connectivity index (χ4v) is 2.01. The molecule has 1 aromatic rings. The summed E-state index contributed by atoms with van der Waals surface area (Å²) in [6, 6.07) is -0.515. The van der Waals surface area contributed by atoms with E-state index in [1.165, 1.54) is 18.4 Å². The lowest BCUT2D eigenvalue weighted by atomic mass is 10.2. The van der Waals surface area contributed by atoms with Gasteiger partial charge in [-0.1, -0.05) is 5.92 Å². The number of terminal acetylenes is 1. The van der Waals surface area contributed by atoms with Gasteiger partial charge in [0.05, 0.1) is 29.7 Å². The number of nitrogens with zero attached hydrogens (tertiary/aromatic N) is 1. The molecule has 1 rings (SSSR count). The molecule has 15 heavy (non-hydrogen) atoms. The molecule has 0 fully saturated rings. The predicted octanol–water partition coefficient (Wildman–Crippen LogP) is 0.888. The summed E-state index contributed by atoms with van der Waals surface area (Å²) in [4.78, 5) is 16.4. The van der Waals surface area contributed by atoms with Gasteiger partial charge >= 0.3 is 5.97 Å². The molecule has 0 aliphatic heterocycles. The van der Waals surface area contributed by atoms with Crippen molar-refractivity contribution >= 4 is 17.3 Å². The molecule has 0 bridgehead atoms. The number of hydrogen-bond acceptors (Lipinski definition) is 5. The third kappa shape index (κ3) is 2.78. The van der Waals surface area contributed by atoms with Crippen LogP contribution in [0.1, 0.15) is 16.6 Å². The minimum Gasteiger partial charge on any atom is -0.468 e. The summed E-state index contributed by atoms with van der Waals surface area (Å²) in [6.07, 6.45) is 5.13. The van der Waals surface area contributed by atoms with Crippen molar-refractivity contribution in [2.24, 2.45) is 0 Å². The van der Waals surface area contributed by atoms with Gasteiger partial charge in [-0.25, -0.2) is 9.78 Å². The molecule has 1 unspecified atom stereocenters. The van der Waals surface area contributed by atoms with Gasteiger partial charge in [0.25, 0.3) is 0 Å². The second kappa shape index (κ2) is 5.49. The van der Waals surface area contributed by atoms with Gasteiger partial charge in [-0.3, -0.25) is 5.32 Å². The Kier molecular flexibility index (Phi) is 4.28. The minimum absolute atomic E-state index is 0.317. The summed E-state index contributed by atoms with van der Waals surface area (Å²) in [7, 11) is 1.35. The SMILES string of the molecule is C#CCNC(C(=O)OC)c1scnc1C. The number of aromatic nitrogens is 1. The number of hydrogen-bond donors (Lipinski definition) is 1. The van der Waals surface area contributed by atoms with Crippen molar-refractivity contribution in [3.8, 4) is 12.3 Å². The minimum atomic E-state index is -0.515. The maximum atomic E-state index is 11.5. The molecular weight excluding hydrogens is 212 g/mol. The van der Waals surface area contributed by atoms with Crippen LogP contribution in [0, 0.1) is 19.3 Å². The maximum absolute atomic E-state index is 11.5. The van der Waals surface area contributed by atoms with Crippen LogP contribution < -0.4 is 5.32 Å². The molecule has 80 valence electrons. The van der Waals surface area contributed by atoms with Crippen LogP contribution in [0.3, 0.4) is 0 Å². The average molecular weight is 224 g/mol. The summed E-state index contributed by atoms with van der Waals surface area (Å²) in [5.41, 5.74) is 2.51. The first-order chi connectivity index (χ1) is 7.20. The van der Waals surface area contributed by atoms with Crippen LogP contribution >= 0.6 is 11.3 Å². The maximum Gasteiger partial charge on any atom is 0.328 e. The van der Waals surface area contributed by atoms with Crippen molar-refractivity contribution in [3.05, 3.63) is 16.1 Å². The van der Waals surface area contributed by atoms with Crippen molar-refractivity contribution in [2.75, 3.05) is 13.7 Å². The Balaban J connectivity index is 2.87. The molecule has 0 aliphatic rings. The average Bonchev–Trinajstić information content (AvgIpc) is 2.65. The molecule has 5 heteroatoms. The topological polar surface area (TPSA) is 51.2 Å². The standard InChI is InChI=1S/C10H12N2O2S/c1-4-5-11-8(10(13)14-3)9-7(2)12-6-15-9/h1,6,8,11H,5H2,2-3H3. The number of methoxy groups -OCH3 is 1. The van der Waals surface area contributed by atoms with E-state index in [0.29, 0.717) is 6.54 Å². The molecule has 0 amide bonds. The van der Waals surface area contributed by atoms with Gasteiger partial charge in [-0.15, -0.1) is 17.8 Å². The molecule has 4 nitrogen and oxygen atoms in total. The third-order valence-corrected chi connectivity index (χ3v) is 2.89. The van der Waals surface area contributed by atoms with Crippen LogP contribution in [-0.4, -0.2) is 24.6 Å². The number of carbonyl (C=O) groups excluding carboxylic acids is 1. The lowest BCUT2D eigenvalue weighted by molar-refractivity contribution is -0.143. The van der Waals surface area contributed by atoms with Gasteiger partial charge < -0.3 is 4.74 Å². The van der Waals surface area contributed by atoms with E-state index in [0.717, 1.165) is 10.6 Å². The highest BCUT2D eigenvalue weighted by Crippen LogP contribution is 2.22. The molecule has 0 saturated carbocycles. The number of esters is 1. The molecule has 1 heterocycles. The first-order valence-corrected chi connectivity index (χ1v) is 5.23. The quantitative estimate of drug-likeness (QED) is 0.609. The van der Waals surface area contributed by atoms with Gasteiger partial charge in [0.15, 0.2) is 0 Å². The number of nitrogens with one attached hydrogen (secondary N) is 1. The van der Waals surface area contributed by atoms with E-state index in [4.69, 9.17) is 11.2 Å². The van der Waals surface area contributed by atoms with Crippen molar-refractivity contribution < 1.29 is 9.53 Å². The van der Waals surface area contributed by atoms with Crippen LogP contribution in [0.2, 0.25) is 0 Å². The van der Waals surface area contributed by atoms with E-state index >= 15 is 0 Å². The summed E-state index contributed by atoms with van der Waals surface area (Å²) in [5, 5.41) is 2.92. The summed E-state index contributed by atoms with van der Waals surface area (Å²) >= 11 is 1.41. The largest absolute Gasteiger partial charge is 0.468 e. The van der Waals surface area contributed by atoms with Crippen molar-refractivity contribution in [3.63, 3.8) is 0 Å². The molecular formula is C10H12N2O2S. The molecule has 0 saturated heterocycles. The lowest BCUT2D eigenvalue weighted by Gasteiger charge is -2.13. The van der Waals surface area contributed by atoms with Crippen molar-refractivity contribution in [2.45, 2.75) is 13.0 Å². The van der Waals surface area contributed by atoms with Crippen LogP contribution in [0.25, 0.3) is 0 Å². The number of carbonyl (C=O) groups is 1. The van der Waals surface area contributed by atoms with E-state index in [9.17, 15) is 4.79 Å². The Labute approximate surface area is 92.7 Å². The summed E-state index contributed by atoms with van der Waals surface area (Å²) in [5.74, 6) is 2.07. The van der Waals surface area contributed by atoms with Crippen LogP contribution in [0.4, 0.5) is 0 Å². The van der Waals surface area contributed by atoms with E-state index in [1.54, 1.807) is 5.51 Å².